The molecule has 72 valence electrons. The van der Waals surface area contributed by atoms with Crippen LogP contribution < -0.4 is 0 Å². The predicted molar refractivity (Wildman–Crippen MR) is 53.8 cm³/mol. The SMILES string of the molecule is FC(Cl)(Cl)c1cnc(Cl)c(Cl)c1Cl. The fraction of sp³-hybridized carbons (Fsp3) is 0.167. The second-order valence-electron chi connectivity index (χ2n) is 2.09. The second-order valence-corrected chi connectivity index (χ2v) is 4.44. The Bertz CT molecular complexity index is 335. The zero-order chi connectivity index (χ0) is 10.2. The minimum absolute atomic E-state index is 0.0343. The summed E-state index contributed by atoms with van der Waals surface area (Å²) in [5.74, 6) is 0. The molecule has 0 fully saturated rings. The first-order valence-electron chi connectivity index (χ1n) is 2.90. The van der Waals surface area contributed by atoms with Gasteiger partial charge in [-0.2, -0.15) is 0 Å². The molecule has 0 unspecified atom stereocenters. The van der Waals surface area contributed by atoms with E-state index >= 15 is 0 Å². The summed E-state index contributed by atoms with van der Waals surface area (Å²) in [6.07, 6.45) is 1.02. The number of nitrogens with zero attached hydrogens (tertiary/aromatic N) is 1. The lowest BCUT2D eigenvalue weighted by atomic mass is 10.3. The number of aromatic nitrogens is 1. The summed E-state index contributed by atoms with van der Waals surface area (Å²) < 4.78 is 10.4. The fourth-order valence-electron chi connectivity index (χ4n) is 0.641. The zero-order valence-electron chi connectivity index (χ0n) is 5.79. The highest BCUT2D eigenvalue weighted by molar-refractivity contribution is 6.51. The maximum atomic E-state index is 13.0. The van der Waals surface area contributed by atoms with Crippen molar-refractivity contribution in [3.63, 3.8) is 0 Å². The lowest BCUT2D eigenvalue weighted by Gasteiger charge is -2.11. The van der Waals surface area contributed by atoms with Crippen LogP contribution in [0.15, 0.2) is 6.20 Å². The van der Waals surface area contributed by atoms with Crippen LogP contribution in [0, 0.1) is 0 Å². The van der Waals surface area contributed by atoms with Gasteiger partial charge in [0.15, 0.2) is 0 Å². The van der Waals surface area contributed by atoms with Gasteiger partial charge < -0.3 is 0 Å². The number of pyridine rings is 1. The molecule has 1 heterocycles. The van der Waals surface area contributed by atoms with Gasteiger partial charge in [-0.25, -0.2) is 9.37 Å². The molecule has 1 nitrogen and oxygen atoms in total. The smallest absolute Gasteiger partial charge is 0.242 e. The maximum absolute atomic E-state index is 13.0. The Balaban J connectivity index is 3.35. The van der Waals surface area contributed by atoms with E-state index in [4.69, 9.17) is 58.0 Å². The molecule has 0 N–H and O–H groups in total. The molecule has 0 atom stereocenters. The van der Waals surface area contributed by atoms with Crippen molar-refractivity contribution in [2.75, 3.05) is 0 Å². The van der Waals surface area contributed by atoms with Gasteiger partial charge in [0.1, 0.15) is 5.15 Å². The highest BCUT2D eigenvalue weighted by Gasteiger charge is 2.30. The van der Waals surface area contributed by atoms with Crippen LogP contribution in [-0.4, -0.2) is 4.98 Å². The van der Waals surface area contributed by atoms with Gasteiger partial charge in [0.25, 0.3) is 4.59 Å². The standard InChI is InChI=1S/C6HCl5FN/c7-3-2(6(10,11)12)1-13-5(9)4(3)8/h1H. The van der Waals surface area contributed by atoms with E-state index in [2.05, 4.69) is 4.98 Å². The van der Waals surface area contributed by atoms with Gasteiger partial charge in [-0.1, -0.05) is 58.0 Å². The van der Waals surface area contributed by atoms with Crippen LogP contribution in [-0.2, 0) is 4.59 Å². The number of halogens is 6. The first kappa shape index (κ1) is 11.6. The molecule has 0 bridgehead atoms. The van der Waals surface area contributed by atoms with E-state index in [1.807, 2.05) is 0 Å². The van der Waals surface area contributed by atoms with E-state index in [9.17, 15) is 4.39 Å². The van der Waals surface area contributed by atoms with Crippen molar-refractivity contribution in [3.8, 4) is 0 Å². The molecule has 1 rings (SSSR count). The minimum atomic E-state index is -2.63. The van der Waals surface area contributed by atoms with Crippen molar-refractivity contribution in [2.45, 2.75) is 4.59 Å². The minimum Gasteiger partial charge on any atom is -0.242 e. The molecule has 0 aromatic carbocycles. The average Bonchev–Trinajstić information content (AvgIpc) is 1.98. The first-order chi connectivity index (χ1) is 5.84. The average molecular weight is 283 g/mol. The molecule has 0 aliphatic carbocycles. The van der Waals surface area contributed by atoms with Gasteiger partial charge >= 0.3 is 0 Å². The monoisotopic (exact) mass is 281 g/mol. The topological polar surface area (TPSA) is 12.9 Å². The Morgan fingerprint density at radius 2 is 1.69 bits per heavy atom. The first-order valence-corrected chi connectivity index (χ1v) is 4.79. The van der Waals surface area contributed by atoms with E-state index in [1.165, 1.54) is 0 Å². The van der Waals surface area contributed by atoms with E-state index in [1.54, 1.807) is 0 Å². The number of rotatable bonds is 1. The van der Waals surface area contributed by atoms with E-state index < -0.39 is 4.59 Å². The Morgan fingerprint density at radius 3 is 2.15 bits per heavy atom. The Morgan fingerprint density at radius 1 is 1.15 bits per heavy atom. The van der Waals surface area contributed by atoms with Gasteiger partial charge in [-0.05, 0) is 0 Å². The van der Waals surface area contributed by atoms with E-state index in [0.717, 1.165) is 6.20 Å². The van der Waals surface area contributed by atoms with E-state index in [-0.39, 0.29) is 20.8 Å². The van der Waals surface area contributed by atoms with Crippen molar-refractivity contribution in [1.82, 2.24) is 4.98 Å². The van der Waals surface area contributed by atoms with Crippen LogP contribution in [0.4, 0.5) is 4.39 Å². The third kappa shape index (κ3) is 2.51. The molecule has 0 saturated carbocycles. The van der Waals surface area contributed by atoms with Crippen LogP contribution in [0.25, 0.3) is 0 Å². The number of hydrogen-bond acceptors (Lipinski definition) is 1. The molecule has 7 heteroatoms. The van der Waals surface area contributed by atoms with Crippen molar-refractivity contribution in [2.24, 2.45) is 0 Å². The van der Waals surface area contributed by atoms with Crippen molar-refractivity contribution < 1.29 is 4.39 Å². The third-order valence-electron chi connectivity index (χ3n) is 1.22. The van der Waals surface area contributed by atoms with Crippen LogP contribution in [0.3, 0.4) is 0 Å². The summed E-state index contributed by atoms with van der Waals surface area (Å²) in [5, 5.41) is -0.258. The lowest BCUT2D eigenvalue weighted by molar-refractivity contribution is 0.404. The molecule has 0 radical (unpaired) electrons. The summed E-state index contributed by atoms with van der Waals surface area (Å²) in [6.45, 7) is 0. The Hall–Kier alpha value is 0.530. The summed E-state index contributed by atoms with van der Waals surface area (Å²) >= 11 is 27.0. The quantitative estimate of drug-likeness (QED) is 0.542. The van der Waals surface area contributed by atoms with Gasteiger partial charge in [0.05, 0.1) is 15.6 Å². The molecule has 0 saturated heterocycles. The van der Waals surface area contributed by atoms with Crippen molar-refractivity contribution >= 4 is 58.0 Å². The molecule has 0 spiro atoms. The van der Waals surface area contributed by atoms with Crippen molar-refractivity contribution in [1.29, 1.82) is 0 Å². The number of alkyl halides is 3. The lowest BCUT2D eigenvalue weighted by Crippen LogP contribution is -2.03. The largest absolute Gasteiger partial charge is 0.286 e. The van der Waals surface area contributed by atoms with Crippen molar-refractivity contribution in [3.05, 3.63) is 27.0 Å². The van der Waals surface area contributed by atoms with Gasteiger partial charge in [-0.3, -0.25) is 0 Å². The summed E-state index contributed by atoms with van der Waals surface area (Å²) in [6, 6.07) is 0. The molecule has 0 aliphatic heterocycles. The summed E-state index contributed by atoms with van der Waals surface area (Å²) in [7, 11) is 0. The fourth-order valence-corrected chi connectivity index (χ4v) is 1.64. The molecular formula is C6HCl5FN. The molecule has 0 aliphatic rings. The Labute approximate surface area is 98.7 Å². The molecule has 0 amide bonds. The van der Waals surface area contributed by atoms with Gasteiger partial charge in [0, 0.05) is 6.20 Å². The number of hydrogen-bond donors (Lipinski definition) is 0. The maximum Gasteiger partial charge on any atom is 0.286 e. The molecule has 1 aromatic rings. The van der Waals surface area contributed by atoms with Gasteiger partial charge in [0.2, 0.25) is 0 Å². The predicted octanol–water partition coefficient (Wildman–Crippen LogP) is 4.60. The second kappa shape index (κ2) is 3.95. The highest BCUT2D eigenvalue weighted by atomic mass is 35.5. The van der Waals surface area contributed by atoms with E-state index in [0.29, 0.717) is 0 Å². The van der Waals surface area contributed by atoms with Gasteiger partial charge in [-0.15, -0.1) is 0 Å². The zero-order valence-corrected chi connectivity index (χ0v) is 9.57. The van der Waals surface area contributed by atoms with Crippen LogP contribution in [0.1, 0.15) is 5.56 Å². The van der Waals surface area contributed by atoms with Crippen LogP contribution in [0.5, 0.6) is 0 Å². The Kier molecular flexibility index (Phi) is 3.53. The normalized spacial score (nSPS) is 11.8. The van der Waals surface area contributed by atoms with Crippen LogP contribution in [0.2, 0.25) is 15.2 Å². The third-order valence-corrected chi connectivity index (χ3v) is 2.87. The summed E-state index contributed by atoms with van der Waals surface area (Å²) in [5.41, 5.74) is -0.230. The van der Waals surface area contributed by atoms with Crippen LogP contribution >= 0.6 is 58.0 Å². The molecule has 13 heavy (non-hydrogen) atoms. The highest BCUT2D eigenvalue weighted by Crippen LogP contribution is 2.42. The molecule has 1 aromatic heterocycles. The molecular weight excluding hydrogens is 282 g/mol. The summed E-state index contributed by atoms with van der Waals surface area (Å²) in [4.78, 5) is 3.55.